The molecular formula is C20H33ClN2O4. The summed E-state index contributed by atoms with van der Waals surface area (Å²) in [6.45, 7) is 9.06. The van der Waals surface area contributed by atoms with Crippen molar-refractivity contribution in [3.05, 3.63) is 34.4 Å². The van der Waals surface area contributed by atoms with Gasteiger partial charge in [0.05, 0.1) is 0 Å². The number of ether oxygens (including phenoxy) is 2. The zero-order valence-corrected chi connectivity index (χ0v) is 17.8. The number of allylic oxidation sites excluding steroid dienone is 3. The fourth-order valence-electron chi connectivity index (χ4n) is 2.23. The van der Waals surface area contributed by atoms with Crippen molar-refractivity contribution >= 4 is 23.4 Å². The van der Waals surface area contributed by atoms with E-state index in [1.807, 2.05) is 20.8 Å². The van der Waals surface area contributed by atoms with Crippen molar-refractivity contribution in [1.29, 1.82) is 0 Å². The summed E-state index contributed by atoms with van der Waals surface area (Å²) >= 11 is 6.13. The van der Waals surface area contributed by atoms with Gasteiger partial charge in [-0.15, -0.1) is 0 Å². The summed E-state index contributed by atoms with van der Waals surface area (Å²) in [6, 6.07) is 0. The molecule has 154 valence electrons. The van der Waals surface area contributed by atoms with Crippen LogP contribution in [0.25, 0.3) is 0 Å². The highest BCUT2D eigenvalue weighted by molar-refractivity contribution is 6.31. The lowest BCUT2D eigenvalue weighted by molar-refractivity contribution is -0.140. The van der Waals surface area contributed by atoms with E-state index in [1.165, 1.54) is 6.08 Å². The Morgan fingerprint density at radius 2 is 1.70 bits per heavy atom. The highest BCUT2D eigenvalue weighted by Gasteiger charge is 2.12. The average Bonchev–Trinajstić information content (AvgIpc) is 2.64. The molecule has 0 aliphatic rings. The standard InChI is InChI=1S/C20H33ClN2O4/c1-6-10-17(21)14-16(13-15(4)19(24)22-5)20(25)23-12-9-11-18(26-7-2)27-8-3/h10,13-14,18H,6-9,11-12H2,1-5H3,(H,22,24)(H,23,25)/b15-13+,16-14+,17-10-. The monoisotopic (exact) mass is 400 g/mol. The van der Waals surface area contributed by atoms with Gasteiger partial charge in [0.15, 0.2) is 6.29 Å². The van der Waals surface area contributed by atoms with Gasteiger partial charge < -0.3 is 20.1 Å². The van der Waals surface area contributed by atoms with E-state index in [9.17, 15) is 9.59 Å². The van der Waals surface area contributed by atoms with E-state index in [0.29, 0.717) is 48.8 Å². The number of hydrogen-bond donors (Lipinski definition) is 2. The number of rotatable bonds is 13. The molecule has 0 aliphatic heterocycles. The van der Waals surface area contributed by atoms with Gasteiger partial charge in [-0.3, -0.25) is 9.59 Å². The smallest absolute Gasteiger partial charge is 0.251 e. The first kappa shape index (κ1) is 25.4. The molecule has 0 aliphatic carbocycles. The predicted molar refractivity (Wildman–Crippen MR) is 109 cm³/mol. The van der Waals surface area contributed by atoms with Gasteiger partial charge >= 0.3 is 0 Å². The molecule has 0 aromatic rings. The van der Waals surface area contributed by atoms with Crippen LogP contribution in [0, 0.1) is 0 Å². The van der Waals surface area contributed by atoms with Crippen molar-refractivity contribution in [2.24, 2.45) is 0 Å². The quantitative estimate of drug-likeness (QED) is 0.215. The van der Waals surface area contributed by atoms with Gasteiger partial charge in [0.2, 0.25) is 5.91 Å². The summed E-state index contributed by atoms with van der Waals surface area (Å²) in [7, 11) is 1.54. The molecule has 0 unspecified atom stereocenters. The third kappa shape index (κ3) is 11.6. The van der Waals surface area contributed by atoms with E-state index in [-0.39, 0.29) is 18.1 Å². The Bertz CT molecular complexity index is 550. The zero-order valence-electron chi connectivity index (χ0n) is 17.1. The second kappa shape index (κ2) is 15.4. The van der Waals surface area contributed by atoms with Crippen molar-refractivity contribution in [3.63, 3.8) is 0 Å². The summed E-state index contributed by atoms with van der Waals surface area (Å²) in [6.07, 6.45) is 6.78. The Labute approximate surface area is 168 Å². The number of likely N-dealkylation sites (N-methyl/N-ethyl adjacent to an activating group) is 1. The molecule has 0 bridgehead atoms. The van der Waals surface area contributed by atoms with Crippen LogP contribution in [0.5, 0.6) is 0 Å². The fraction of sp³-hybridized carbons (Fsp3) is 0.600. The van der Waals surface area contributed by atoms with Crippen LogP contribution < -0.4 is 10.6 Å². The maximum atomic E-state index is 12.5. The predicted octanol–water partition coefficient (Wildman–Crippen LogP) is 3.43. The molecule has 0 heterocycles. The molecule has 27 heavy (non-hydrogen) atoms. The molecule has 6 nitrogen and oxygen atoms in total. The van der Waals surface area contributed by atoms with Crippen molar-refractivity contribution in [2.75, 3.05) is 26.8 Å². The van der Waals surface area contributed by atoms with Gasteiger partial charge in [-0.05, 0) is 45.8 Å². The molecule has 7 heteroatoms. The number of amides is 2. The number of carbonyl (C=O) groups is 2. The molecule has 2 N–H and O–H groups in total. The van der Waals surface area contributed by atoms with E-state index in [2.05, 4.69) is 10.6 Å². The van der Waals surface area contributed by atoms with Crippen LogP contribution in [0.15, 0.2) is 34.4 Å². The zero-order chi connectivity index (χ0) is 20.7. The average molecular weight is 401 g/mol. The Kier molecular flexibility index (Phi) is 14.5. The van der Waals surface area contributed by atoms with E-state index >= 15 is 0 Å². The molecule has 0 saturated carbocycles. The maximum absolute atomic E-state index is 12.5. The number of halogens is 1. The van der Waals surface area contributed by atoms with Crippen LogP contribution >= 0.6 is 11.6 Å². The molecular weight excluding hydrogens is 368 g/mol. The molecule has 0 fully saturated rings. The lowest BCUT2D eigenvalue weighted by Gasteiger charge is -2.16. The molecule has 0 atom stereocenters. The first-order valence-corrected chi connectivity index (χ1v) is 9.76. The van der Waals surface area contributed by atoms with Crippen LogP contribution in [0.2, 0.25) is 0 Å². The minimum absolute atomic E-state index is 0.249. The third-order valence-electron chi connectivity index (χ3n) is 3.52. The van der Waals surface area contributed by atoms with Gasteiger partial charge in [0.1, 0.15) is 0 Å². The first-order valence-electron chi connectivity index (χ1n) is 9.38. The summed E-state index contributed by atoms with van der Waals surface area (Å²) in [5, 5.41) is 5.84. The second-order valence-electron chi connectivity index (χ2n) is 5.74. The van der Waals surface area contributed by atoms with E-state index in [0.717, 1.165) is 6.42 Å². The first-order chi connectivity index (χ1) is 12.9. The van der Waals surface area contributed by atoms with Crippen molar-refractivity contribution in [3.8, 4) is 0 Å². The molecule has 0 rings (SSSR count). The SMILES string of the molecule is CC/C=C(Cl)/C=C(\C=C(/C)C(=O)NC)C(=O)NCCCC(OCC)OCC. The second-order valence-corrected chi connectivity index (χ2v) is 6.18. The molecule has 0 radical (unpaired) electrons. The Morgan fingerprint density at radius 3 is 2.22 bits per heavy atom. The fourth-order valence-corrected chi connectivity index (χ4v) is 2.50. The normalized spacial score (nSPS) is 13.1. The number of hydrogen-bond acceptors (Lipinski definition) is 4. The number of nitrogens with one attached hydrogen (secondary N) is 2. The summed E-state index contributed by atoms with van der Waals surface area (Å²) in [5.41, 5.74) is 0.754. The molecule has 2 amide bonds. The van der Waals surface area contributed by atoms with Crippen LogP contribution in [-0.4, -0.2) is 44.9 Å². The minimum Gasteiger partial charge on any atom is -0.355 e. The lowest BCUT2D eigenvalue weighted by Crippen LogP contribution is -2.27. The molecule has 0 aromatic heterocycles. The summed E-state index contributed by atoms with van der Waals surface area (Å²) < 4.78 is 11.0. The Hall–Kier alpha value is -1.63. The summed E-state index contributed by atoms with van der Waals surface area (Å²) in [4.78, 5) is 24.2. The molecule has 0 saturated heterocycles. The van der Waals surface area contributed by atoms with Crippen LogP contribution in [0.3, 0.4) is 0 Å². The van der Waals surface area contributed by atoms with Gasteiger partial charge in [-0.2, -0.15) is 0 Å². The molecule has 0 spiro atoms. The lowest BCUT2D eigenvalue weighted by atomic mass is 10.1. The van der Waals surface area contributed by atoms with Crippen LogP contribution in [0.1, 0.15) is 47.0 Å². The van der Waals surface area contributed by atoms with Crippen LogP contribution in [-0.2, 0) is 19.1 Å². The number of carbonyl (C=O) groups excluding carboxylic acids is 2. The molecule has 0 aromatic carbocycles. The summed E-state index contributed by atoms with van der Waals surface area (Å²) in [5.74, 6) is -0.536. The largest absolute Gasteiger partial charge is 0.355 e. The van der Waals surface area contributed by atoms with Crippen molar-refractivity contribution < 1.29 is 19.1 Å². The Balaban J connectivity index is 4.95. The highest BCUT2D eigenvalue weighted by Crippen LogP contribution is 2.12. The van der Waals surface area contributed by atoms with E-state index in [1.54, 1.807) is 26.1 Å². The topological polar surface area (TPSA) is 76.7 Å². The van der Waals surface area contributed by atoms with Gasteiger partial charge in [0.25, 0.3) is 5.91 Å². The van der Waals surface area contributed by atoms with Crippen LogP contribution in [0.4, 0.5) is 0 Å². The minimum atomic E-state index is -0.287. The third-order valence-corrected chi connectivity index (χ3v) is 3.78. The van der Waals surface area contributed by atoms with Gasteiger partial charge in [-0.1, -0.05) is 24.6 Å². The van der Waals surface area contributed by atoms with Gasteiger partial charge in [0, 0.05) is 49.4 Å². The van der Waals surface area contributed by atoms with Crippen molar-refractivity contribution in [2.45, 2.75) is 53.2 Å². The van der Waals surface area contributed by atoms with E-state index in [4.69, 9.17) is 21.1 Å². The van der Waals surface area contributed by atoms with E-state index < -0.39 is 0 Å². The highest BCUT2D eigenvalue weighted by atomic mass is 35.5. The van der Waals surface area contributed by atoms with Gasteiger partial charge in [-0.25, -0.2) is 0 Å². The maximum Gasteiger partial charge on any atom is 0.251 e. The Morgan fingerprint density at radius 1 is 1.07 bits per heavy atom. The van der Waals surface area contributed by atoms with Crippen molar-refractivity contribution in [1.82, 2.24) is 10.6 Å².